The average molecular weight is 288 g/mol. The summed E-state index contributed by atoms with van der Waals surface area (Å²) in [5.74, 6) is 0.155. The third kappa shape index (κ3) is 4.60. The van der Waals surface area contributed by atoms with Gasteiger partial charge in [0.1, 0.15) is 6.20 Å². The number of hydrogen-bond donors (Lipinski definition) is 1. The van der Waals surface area contributed by atoms with E-state index in [9.17, 15) is 10.1 Å². The zero-order chi connectivity index (χ0) is 14.4. The summed E-state index contributed by atoms with van der Waals surface area (Å²) in [5.41, 5.74) is -0.171. The average Bonchev–Trinajstić information content (AvgIpc) is 2.37. The maximum atomic E-state index is 10.8. The predicted molar refractivity (Wildman–Crippen MR) is 74.6 cm³/mol. The van der Waals surface area contributed by atoms with E-state index < -0.39 is 4.92 Å². The number of anilines is 1. The van der Waals surface area contributed by atoms with E-state index in [-0.39, 0.29) is 16.8 Å². The molecule has 0 aliphatic heterocycles. The van der Waals surface area contributed by atoms with Crippen LogP contribution < -0.4 is 5.32 Å². The van der Waals surface area contributed by atoms with Gasteiger partial charge >= 0.3 is 5.69 Å². The summed E-state index contributed by atoms with van der Waals surface area (Å²) in [7, 11) is 2.01. The first kappa shape index (κ1) is 15.6. The van der Waals surface area contributed by atoms with Crippen LogP contribution >= 0.6 is 11.6 Å². The van der Waals surface area contributed by atoms with Crippen LogP contribution in [-0.2, 0) is 0 Å². The van der Waals surface area contributed by atoms with E-state index >= 15 is 0 Å². The van der Waals surface area contributed by atoms with E-state index in [2.05, 4.69) is 34.0 Å². The van der Waals surface area contributed by atoms with Crippen molar-refractivity contribution in [2.24, 2.45) is 0 Å². The Morgan fingerprint density at radius 3 is 2.89 bits per heavy atom. The van der Waals surface area contributed by atoms with Crippen molar-refractivity contribution in [3.63, 3.8) is 0 Å². The lowest BCUT2D eigenvalue weighted by atomic mass is 10.2. The van der Waals surface area contributed by atoms with Gasteiger partial charge in [0.05, 0.1) is 4.92 Å². The minimum absolute atomic E-state index is 0.0108. The molecule has 1 N–H and O–H groups in total. The molecule has 0 aliphatic carbocycles. The number of nitro groups is 1. The maximum Gasteiger partial charge on any atom is 0.329 e. The molecule has 1 unspecified atom stereocenters. The van der Waals surface area contributed by atoms with Crippen molar-refractivity contribution in [2.45, 2.75) is 26.3 Å². The van der Waals surface area contributed by atoms with E-state index in [1.807, 2.05) is 7.05 Å². The summed E-state index contributed by atoms with van der Waals surface area (Å²) < 4.78 is 0. The summed E-state index contributed by atoms with van der Waals surface area (Å²) in [4.78, 5) is 19.9. The number of hydrogen-bond acceptors (Lipinski definition) is 6. The molecule has 0 amide bonds. The van der Waals surface area contributed by atoms with Crippen molar-refractivity contribution in [1.82, 2.24) is 14.9 Å². The van der Waals surface area contributed by atoms with Gasteiger partial charge < -0.3 is 10.2 Å². The Bertz CT molecular complexity index is 443. The molecule has 106 valence electrons. The number of likely N-dealkylation sites (N-methyl/N-ethyl adjacent to an activating group) is 1. The first-order valence-corrected chi connectivity index (χ1v) is 6.44. The highest BCUT2D eigenvalue weighted by molar-refractivity contribution is 6.28. The van der Waals surface area contributed by atoms with Crippen LogP contribution in [0.4, 0.5) is 11.5 Å². The third-order valence-corrected chi connectivity index (χ3v) is 3.22. The Hall–Kier alpha value is -1.47. The zero-order valence-corrected chi connectivity index (χ0v) is 12.0. The zero-order valence-electron chi connectivity index (χ0n) is 11.3. The quantitative estimate of drug-likeness (QED) is 0.470. The van der Waals surface area contributed by atoms with Crippen molar-refractivity contribution in [3.8, 4) is 0 Å². The van der Waals surface area contributed by atoms with Gasteiger partial charge in [0.25, 0.3) is 0 Å². The van der Waals surface area contributed by atoms with Crippen LogP contribution in [0.3, 0.4) is 0 Å². The molecular weight excluding hydrogens is 270 g/mol. The van der Waals surface area contributed by atoms with E-state index in [1.165, 1.54) is 0 Å². The Labute approximate surface area is 117 Å². The van der Waals surface area contributed by atoms with Crippen LogP contribution in [0.25, 0.3) is 0 Å². The fourth-order valence-electron chi connectivity index (χ4n) is 1.50. The fourth-order valence-corrected chi connectivity index (χ4v) is 1.63. The largest absolute Gasteiger partial charge is 0.363 e. The van der Waals surface area contributed by atoms with Gasteiger partial charge in [-0.05, 0) is 32.0 Å². The molecule has 0 saturated carbocycles. The lowest BCUT2D eigenvalue weighted by molar-refractivity contribution is -0.384. The highest BCUT2D eigenvalue weighted by Gasteiger charge is 2.16. The molecule has 1 aromatic heterocycles. The smallest absolute Gasteiger partial charge is 0.329 e. The normalized spacial score (nSPS) is 12.5. The fraction of sp³-hybridized carbons (Fsp3) is 0.636. The Morgan fingerprint density at radius 2 is 2.32 bits per heavy atom. The van der Waals surface area contributed by atoms with E-state index in [4.69, 9.17) is 11.6 Å². The molecular formula is C11H18ClN5O2. The van der Waals surface area contributed by atoms with Crippen LogP contribution in [-0.4, -0.2) is 46.0 Å². The van der Waals surface area contributed by atoms with Crippen molar-refractivity contribution in [2.75, 3.05) is 25.5 Å². The molecule has 0 aliphatic rings. The molecule has 1 aromatic rings. The lowest BCUT2D eigenvalue weighted by Crippen LogP contribution is -2.32. The lowest BCUT2D eigenvalue weighted by Gasteiger charge is -2.23. The van der Waals surface area contributed by atoms with Crippen LogP contribution in [0.2, 0.25) is 5.28 Å². The molecule has 19 heavy (non-hydrogen) atoms. The molecule has 0 radical (unpaired) electrons. The van der Waals surface area contributed by atoms with Gasteiger partial charge in [-0.15, -0.1) is 0 Å². The molecule has 0 fully saturated rings. The Balaban J connectivity index is 2.62. The SMILES string of the molecule is CCC(C)N(C)CCNc1nc(Cl)ncc1[N+](=O)[O-]. The standard InChI is InChI=1S/C11H18ClN5O2/c1-4-8(2)16(3)6-5-13-10-9(17(18)19)7-14-11(12)15-10/h7-8H,4-6H2,1-3H3,(H,13,14,15). The van der Waals surface area contributed by atoms with Gasteiger partial charge in [0.15, 0.2) is 0 Å². The minimum Gasteiger partial charge on any atom is -0.363 e. The van der Waals surface area contributed by atoms with E-state index in [1.54, 1.807) is 0 Å². The predicted octanol–water partition coefficient (Wildman–Crippen LogP) is 2.18. The van der Waals surface area contributed by atoms with Crippen LogP contribution in [0.15, 0.2) is 6.20 Å². The first-order chi connectivity index (χ1) is 8.95. The van der Waals surface area contributed by atoms with Crippen LogP contribution in [0.1, 0.15) is 20.3 Å². The molecule has 0 aromatic carbocycles. The van der Waals surface area contributed by atoms with E-state index in [0.717, 1.165) is 19.2 Å². The first-order valence-electron chi connectivity index (χ1n) is 6.06. The summed E-state index contributed by atoms with van der Waals surface area (Å²) in [6, 6.07) is 0.464. The molecule has 7 nitrogen and oxygen atoms in total. The van der Waals surface area contributed by atoms with E-state index in [0.29, 0.717) is 12.6 Å². The number of nitrogens with zero attached hydrogens (tertiary/aromatic N) is 4. The van der Waals surface area contributed by atoms with Gasteiger partial charge in [-0.3, -0.25) is 10.1 Å². The monoisotopic (exact) mass is 287 g/mol. The summed E-state index contributed by atoms with van der Waals surface area (Å²) in [5, 5.41) is 13.7. The van der Waals surface area contributed by atoms with Crippen LogP contribution in [0, 0.1) is 10.1 Å². The molecule has 1 heterocycles. The topological polar surface area (TPSA) is 84.2 Å². The van der Waals surface area contributed by atoms with Crippen LogP contribution in [0.5, 0.6) is 0 Å². The third-order valence-electron chi connectivity index (χ3n) is 3.04. The highest BCUT2D eigenvalue weighted by Crippen LogP contribution is 2.21. The second-order valence-electron chi connectivity index (χ2n) is 4.29. The molecule has 8 heteroatoms. The second-order valence-corrected chi connectivity index (χ2v) is 4.63. The molecule has 0 spiro atoms. The molecule has 0 bridgehead atoms. The number of rotatable bonds is 7. The summed E-state index contributed by atoms with van der Waals surface area (Å²) >= 11 is 5.64. The number of halogens is 1. The number of nitrogens with one attached hydrogen (secondary N) is 1. The molecule has 0 saturated heterocycles. The maximum absolute atomic E-state index is 10.8. The minimum atomic E-state index is -0.531. The van der Waals surface area contributed by atoms with Crippen molar-refractivity contribution in [1.29, 1.82) is 0 Å². The second kappa shape index (κ2) is 7.20. The molecule has 1 atom stereocenters. The Kier molecular flexibility index (Phi) is 5.91. The van der Waals surface area contributed by atoms with Gasteiger partial charge in [-0.2, -0.15) is 4.98 Å². The van der Waals surface area contributed by atoms with Crippen molar-refractivity contribution in [3.05, 3.63) is 21.6 Å². The van der Waals surface area contributed by atoms with Crippen molar-refractivity contribution >= 4 is 23.1 Å². The van der Waals surface area contributed by atoms with Gasteiger partial charge in [0.2, 0.25) is 11.1 Å². The summed E-state index contributed by atoms with van der Waals surface area (Å²) in [6.07, 6.45) is 2.16. The van der Waals surface area contributed by atoms with Gasteiger partial charge in [0, 0.05) is 19.1 Å². The van der Waals surface area contributed by atoms with Gasteiger partial charge in [-0.1, -0.05) is 6.92 Å². The summed E-state index contributed by atoms with van der Waals surface area (Å²) in [6.45, 7) is 5.55. The highest BCUT2D eigenvalue weighted by atomic mass is 35.5. The van der Waals surface area contributed by atoms with Crippen molar-refractivity contribution < 1.29 is 4.92 Å². The Morgan fingerprint density at radius 1 is 1.63 bits per heavy atom. The number of aromatic nitrogens is 2. The molecule has 1 rings (SSSR count). The van der Waals surface area contributed by atoms with Gasteiger partial charge in [-0.25, -0.2) is 4.98 Å².